The summed E-state index contributed by atoms with van der Waals surface area (Å²) in [5.41, 5.74) is -1.85. The van der Waals surface area contributed by atoms with E-state index in [2.05, 4.69) is 5.32 Å². The molecule has 0 aromatic rings. The van der Waals surface area contributed by atoms with Gasteiger partial charge in [0.05, 0.1) is 6.61 Å². The fourth-order valence-corrected chi connectivity index (χ4v) is 3.53. The number of amides is 2. The SMILES string of the molecule is COCCNC(=O)C1(F)CCN(C(=O)CC2CCCCC2)CC1. The molecule has 2 fully saturated rings. The number of halogens is 1. The number of nitrogens with one attached hydrogen (secondary N) is 1. The van der Waals surface area contributed by atoms with Gasteiger partial charge in [-0.05, 0) is 18.8 Å². The normalized spacial score (nSPS) is 21.9. The van der Waals surface area contributed by atoms with Crippen LogP contribution in [0.2, 0.25) is 0 Å². The molecule has 1 heterocycles. The fraction of sp³-hybridized carbons (Fsp3) is 0.882. The van der Waals surface area contributed by atoms with Gasteiger partial charge < -0.3 is 15.0 Å². The van der Waals surface area contributed by atoms with Crippen LogP contribution in [0, 0.1) is 5.92 Å². The molecule has 132 valence electrons. The maximum Gasteiger partial charge on any atom is 0.257 e. The predicted octanol–water partition coefficient (Wildman–Crippen LogP) is 2.05. The first-order valence-corrected chi connectivity index (χ1v) is 8.79. The minimum atomic E-state index is -1.85. The van der Waals surface area contributed by atoms with Crippen LogP contribution in [-0.4, -0.2) is 55.7 Å². The van der Waals surface area contributed by atoms with E-state index in [9.17, 15) is 14.0 Å². The van der Waals surface area contributed by atoms with Gasteiger partial charge in [-0.3, -0.25) is 9.59 Å². The quantitative estimate of drug-likeness (QED) is 0.759. The summed E-state index contributed by atoms with van der Waals surface area (Å²) in [6.07, 6.45) is 6.73. The van der Waals surface area contributed by atoms with Crippen molar-refractivity contribution in [3.05, 3.63) is 0 Å². The lowest BCUT2D eigenvalue weighted by molar-refractivity contribution is -0.142. The van der Waals surface area contributed by atoms with Crippen LogP contribution < -0.4 is 5.32 Å². The molecule has 0 spiro atoms. The third-order valence-corrected chi connectivity index (χ3v) is 5.10. The van der Waals surface area contributed by atoms with E-state index in [1.807, 2.05) is 0 Å². The lowest BCUT2D eigenvalue weighted by Gasteiger charge is -2.36. The van der Waals surface area contributed by atoms with Gasteiger partial charge in [-0.25, -0.2) is 4.39 Å². The maximum atomic E-state index is 14.7. The Labute approximate surface area is 137 Å². The molecule has 1 aliphatic carbocycles. The van der Waals surface area contributed by atoms with Crippen molar-refractivity contribution in [1.82, 2.24) is 10.2 Å². The molecule has 0 aromatic carbocycles. The van der Waals surface area contributed by atoms with Gasteiger partial charge >= 0.3 is 0 Å². The third-order valence-electron chi connectivity index (χ3n) is 5.10. The number of alkyl halides is 1. The molecular formula is C17H29FN2O3. The summed E-state index contributed by atoms with van der Waals surface area (Å²) in [4.78, 5) is 26.0. The Hall–Kier alpha value is -1.17. The van der Waals surface area contributed by atoms with E-state index in [1.165, 1.54) is 26.4 Å². The number of methoxy groups -OCH3 is 1. The summed E-state index contributed by atoms with van der Waals surface area (Å²) >= 11 is 0. The third kappa shape index (κ3) is 5.16. The molecule has 0 bridgehead atoms. The van der Waals surface area contributed by atoms with Crippen LogP contribution in [0.15, 0.2) is 0 Å². The Morgan fingerprint density at radius 1 is 1.22 bits per heavy atom. The Bertz CT molecular complexity index is 403. The van der Waals surface area contributed by atoms with Crippen LogP contribution in [-0.2, 0) is 14.3 Å². The minimum absolute atomic E-state index is 0.0855. The Kier molecular flexibility index (Phi) is 6.81. The molecule has 0 unspecified atom stereocenters. The number of likely N-dealkylation sites (tertiary alicyclic amines) is 1. The van der Waals surface area contributed by atoms with Gasteiger partial charge in [0, 0.05) is 46.0 Å². The summed E-state index contributed by atoms with van der Waals surface area (Å²) < 4.78 is 19.5. The first-order valence-electron chi connectivity index (χ1n) is 8.79. The van der Waals surface area contributed by atoms with E-state index in [1.54, 1.807) is 4.90 Å². The number of nitrogens with zero attached hydrogens (tertiary/aromatic N) is 1. The van der Waals surface area contributed by atoms with Crippen LogP contribution >= 0.6 is 0 Å². The van der Waals surface area contributed by atoms with Gasteiger partial charge in [0.25, 0.3) is 5.91 Å². The van der Waals surface area contributed by atoms with Crippen molar-refractivity contribution in [3.8, 4) is 0 Å². The van der Waals surface area contributed by atoms with Crippen LogP contribution in [0.25, 0.3) is 0 Å². The molecule has 0 aromatic heterocycles. The highest BCUT2D eigenvalue weighted by Crippen LogP contribution is 2.30. The van der Waals surface area contributed by atoms with E-state index in [0.717, 1.165) is 12.8 Å². The monoisotopic (exact) mass is 328 g/mol. The van der Waals surface area contributed by atoms with Crippen LogP contribution in [0.3, 0.4) is 0 Å². The second kappa shape index (κ2) is 8.62. The Morgan fingerprint density at radius 3 is 2.48 bits per heavy atom. The number of carbonyl (C=O) groups excluding carboxylic acids is 2. The molecule has 1 saturated carbocycles. The summed E-state index contributed by atoms with van der Waals surface area (Å²) in [5.74, 6) is 0.0401. The Morgan fingerprint density at radius 2 is 1.87 bits per heavy atom. The molecule has 0 atom stereocenters. The molecule has 2 amide bonds. The van der Waals surface area contributed by atoms with Crippen molar-refractivity contribution in [2.45, 2.75) is 57.0 Å². The van der Waals surface area contributed by atoms with Crippen molar-refractivity contribution < 1.29 is 18.7 Å². The van der Waals surface area contributed by atoms with Gasteiger partial charge in [-0.1, -0.05) is 19.3 Å². The first kappa shape index (κ1) is 18.2. The molecule has 1 aliphatic heterocycles. The van der Waals surface area contributed by atoms with Crippen molar-refractivity contribution in [2.24, 2.45) is 5.92 Å². The minimum Gasteiger partial charge on any atom is -0.383 e. The summed E-state index contributed by atoms with van der Waals surface area (Å²) in [5, 5.41) is 2.56. The van der Waals surface area contributed by atoms with E-state index in [0.29, 0.717) is 38.6 Å². The smallest absolute Gasteiger partial charge is 0.257 e. The van der Waals surface area contributed by atoms with Crippen LogP contribution in [0.5, 0.6) is 0 Å². The van der Waals surface area contributed by atoms with Crippen molar-refractivity contribution in [3.63, 3.8) is 0 Å². The maximum absolute atomic E-state index is 14.7. The molecule has 5 nitrogen and oxygen atoms in total. The van der Waals surface area contributed by atoms with Gasteiger partial charge in [-0.15, -0.1) is 0 Å². The van der Waals surface area contributed by atoms with Gasteiger partial charge in [0.1, 0.15) is 0 Å². The molecule has 1 N–H and O–H groups in total. The molecule has 6 heteroatoms. The standard InChI is InChI=1S/C17H29FN2O3/c1-23-12-9-19-16(22)17(18)7-10-20(11-8-17)15(21)13-14-5-3-2-4-6-14/h14H,2-13H2,1H3,(H,19,22). The number of hydrogen-bond donors (Lipinski definition) is 1. The summed E-state index contributed by atoms with van der Waals surface area (Å²) in [6.45, 7) is 1.35. The highest BCUT2D eigenvalue weighted by Gasteiger charge is 2.42. The van der Waals surface area contributed by atoms with Crippen molar-refractivity contribution in [2.75, 3.05) is 33.4 Å². The zero-order valence-electron chi connectivity index (χ0n) is 14.1. The fourth-order valence-electron chi connectivity index (χ4n) is 3.53. The number of carbonyl (C=O) groups is 2. The Balaban J connectivity index is 1.75. The highest BCUT2D eigenvalue weighted by molar-refractivity contribution is 5.85. The van der Waals surface area contributed by atoms with Crippen LogP contribution in [0.1, 0.15) is 51.4 Å². The van der Waals surface area contributed by atoms with Crippen molar-refractivity contribution in [1.29, 1.82) is 0 Å². The second-order valence-corrected chi connectivity index (χ2v) is 6.80. The largest absolute Gasteiger partial charge is 0.383 e. The molecule has 2 rings (SSSR count). The number of hydrogen-bond acceptors (Lipinski definition) is 3. The average Bonchev–Trinajstić information content (AvgIpc) is 2.56. The first-order chi connectivity index (χ1) is 11.0. The second-order valence-electron chi connectivity index (χ2n) is 6.80. The van der Waals surface area contributed by atoms with E-state index in [-0.39, 0.29) is 18.7 Å². The van der Waals surface area contributed by atoms with Gasteiger partial charge in [-0.2, -0.15) is 0 Å². The average molecular weight is 328 g/mol. The number of rotatable bonds is 6. The van der Waals surface area contributed by atoms with Gasteiger partial charge in [0.15, 0.2) is 5.67 Å². The highest BCUT2D eigenvalue weighted by atomic mass is 19.1. The molecule has 2 aliphatic rings. The number of piperidine rings is 1. The lowest BCUT2D eigenvalue weighted by atomic mass is 9.86. The van der Waals surface area contributed by atoms with Gasteiger partial charge in [0.2, 0.25) is 5.91 Å². The molecule has 23 heavy (non-hydrogen) atoms. The van der Waals surface area contributed by atoms with E-state index >= 15 is 0 Å². The van der Waals surface area contributed by atoms with E-state index in [4.69, 9.17) is 4.74 Å². The zero-order valence-corrected chi connectivity index (χ0v) is 14.1. The predicted molar refractivity (Wildman–Crippen MR) is 85.7 cm³/mol. The van der Waals surface area contributed by atoms with Crippen molar-refractivity contribution >= 4 is 11.8 Å². The topological polar surface area (TPSA) is 58.6 Å². The summed E-state index contributed by atoms with van der Waals surface area (Å²) in [7, 11) is 1.54. The molecular weight excluding hydrogens is 299 g/mol. The van der Waals surface area contributed by atoms with E-state index < -0.39 is 11.6 Å². The molecule has 0 radical (unpaired) electrons. The molecule has 1 saturated heterocycles. The lowest BCUT2D eigenvalue weighted by Crippen LogP contribution is -2.52. The van der Waals surface area contributed by atoms with Crippen LogP contribution in [0.4, 0.5) is 4.39 Å². The summed E-state index contributed by atoms with van der Waals surface area (Å²) in [6, 6.07) is 0. The number of ether oxygens (including phenoxy) is 1. The zero-order chi connectivity index (χ0) is 16.7.